The smallest absolute Gasteiger partial charge is 0.136 e. The summed E-state index contributed by atoms with van der Waals surface area (Å²) in [7, 11) is 0. The zero-order chi connectivity index (χ0) is 40.4. The van der Waals surface area contributed by atoms with E-state index >= 15 is 0 Å². The number of fused-ring (bicyclic) bond motifs is 9. The van der Waals surface area contributed by atoms with Crippen molar-refractivity contribution >= 4 is 75.8 Å². The van der Waals surface area contributed by atoms with E-state index in [9.17, 15) is 5.48 Å². The van der Waals surface area contributed by atoms with Crippen LogP contribution in [0.15, 0.2) is 186 Å². The van der Waals surface area contributed by atoms with Crippen molar-refractivity contribution in [1.82, 2.24) is 0 Å². The van der Waals surface area contributed by atoms with Crippen LogP contribution in [0.1, 0.15) is 11.0 Å². The number of rotatable bonds is 3. The van der Waals surface area contributed by atoms with Gasteiger partial charge >= 0.3 is 0 Å². The van der Waals surface area contributed by atoms with Gasteiger partial charge in [-0.15, -0.1) is 0 Å². The van der Waals surface area contributed by atoms with Crippen LogP contribution in [-0.4, -0.2) is 0 Å². The summed E-state index contributed by atoms with van der Waals surface area (Å²) >= 11 is 0. The third-order valence-corrected chi connectivity index (χ3v) is 10.3. The highest BCUT2D eigenvalue weighted by atomic mass is 16.3. The molecular weight excluding hydrogens is 617 g/mol. The zero-order valence-electron chi connectivity index (χ0n) is 35.1. The second-order valence-electron chi connectivity index (χ2n) is 13.0. The summed E-state index contributed by atoms with van der Waals surface area (Å²) in [6.45, 7) is 0. The molecule has 0 atom stereocenters. The summed E-state index contributed by atoms with van der Waals surface area (Å²) in [6, 6.07) is 40.6. The van der Waals surface area contributed by atoms with Crippen molar-refractivity contribution in [2.24, 2.45) is 0 Å². The lowest BCUT2D eigenvalue weighted by Gasteiger charge is -2.20. The molecule has 0 saturated carbocycles. The van der Waals surface area contributed by atoms with Gasteiger partial charge in [0.1, 0.15) is 11.2 Å². The molecule has 51 heavy (non-hydrogen) atoms. The van der Waals surface area contributed by atoms with Crippen LogP contribution in [-0.2, 0) is 0 Å². The van der Waals surface area contributed by atoms with Crippen LogP contribution in [0.25, 0.3) is 109 Å². The molecule has 1 nitrogen and oxygen atoms in total. The monoisotopic (exact) mass is 654 g/mol. The second kappa shape index (κ2) is 10.9. The summed E-state index contributed by atoms with van der Waals surface area (Å²) in [5.74, 6) is 0. The van der Waals surface area contributed by atoms with E-state index < -0.39 is 24.2 Å². The Morgan fingerprint density at radius 2 is 0.882 bits per heavy atom. The first-order chi connectivity index (χ1) is 28.6. The predicted molar refractivity (Wildman–Crippen MR) is 218 cm³/mol. The lowest BCUT2D eigenvalue weighted by atomic mass is 9.82. The van der Waals surface area contributed by atoms with Crippen LogP contribution in [0.2, 0.25) is 0 Å². The van der Waals surface area contributed by atoms with Gasteiger partial charge in [-0.3, -0.25) is 0 Å². The Hall–Kier alpha value is -6.70. The van der Waals surface area contributed by atoms with Gasteiger partial charge in [0, 0.05) is 10.8 Å². The lowest BCUT2D eigenvalue weighted by molar-refractivity contribution is 0.669. The minimum absolute atomic E-state index is 0.182. The molecule has 1 heterocycles. The fraction of sp³-hybridized carbons (Fsp3) is 0. The largest absolute Gasteiger partial charge is 0.456 e. The summed E-state index contributed by atoms with van der Waals surface area (Å²) in [4.78, 5) is 0. The summed E-state index contributed by atoms with van der Waals surface area (Å²) in [5, 5.41) is 8.15. The van der Waals surface area contributed by atoms with Crippen LogP contribution >= 0.6 is 0 Å². The van der Waals surface area contributed by atoms with E-state index in [1.165, 1.54) is 0 Å². The number of hydrogen-bond acceptors (Lipinski definition) is 1. The van der Waals surface area contributed by atoms with Crippen molar-refractivity contribution < 1.29 is 15.4 Å². The van der Waals surface area contributed by atoms with Crippen LogP contribution < -0.4 is 0 Å². The van der Waals surface area contributed by atoms with E-state index in [0.29, 0.717) is 22.3 Å². The third kappa shape index (κ3) is 4.16. The van der Waals surface area contributed by atoms with Gasteiger partial charge in [-0.1, -0.05) is 164 Å². The molecule has 0 spiro atoms. The van der Waals surface area contributed by atoms with Crippen molar-refractivity contribution in [3.05, 3.63) is 182 Å². The molecule has 1 aromatic heterocycles. The Labute approximate surface area is 305 Å². The lowest BCUT2D eigenvalue weighted by Crippen LogP contribution is -1.93. The van der Waals surface area contributed by atoms with Crippen LogP contribution in [0.4, 0.5) is 0 Å². The number of benzene rings is 10. The predicted octanol–water partition coefficient (Wildman–Crippen LogP) is 14.4. The van der Waals surface area contributed by atoms with E-state index in [4.69, 9.17) is 9.90 Å². The van der Waals surface area contributed by atoms with Crippen molar-refractivity contribution in [1.29, 1.82) is 0 Å². The average Bonchev–Trinajstić information content (AvgIpc) is 3.66. The maximum Gasteiger partial charge on any atom is 0.136 e. The second-order valence-corrected chi connectivity index (χ2v) is 13.0. The molecule has 0 aliphatic heterocycles. The molecular formula is C50H30O. The van der Waals surface area contributed by atoms with Gasteiger partial charge in [0.2, 0.25) is 0 Å². The summed E-state index contributed by atoms with van der Waals surface area (Å²) in [5.41, 5.74) is 5.08. The Morgan fingerprint density at radius 1 is 0.353 bits per heavy atom. The van der Waals surface area contributed by atoms with Gasteiger partial charge < -0.3 is 4.42 Å². The van der Waals surface area contributed by atoms with Gasteiger partial charge in [-0.05, 0) is 105 Å². The minimum atomic E-state index is -0.433. The zero-order valence-corrected chi connectivity index (χ0v) is 27.1. The van der Waals surface area contributed by atoms with Crippen molar-refractivity contribution in [3.63, 3.8) is 0 Å². The van der Waals surface area contributed by atoms with Crippen LogP contribution in [0.5, 0.6) is 0 Å². The average molecular weight is 655 g/mol. The van der Waals surface area contributed by atoms with E-state index in [-0.39, 0.29) is 45.7 Å². The van der Waals surface area contributed by atoms with Crippen LogP contribution in [0, 0.1) is 0 Å². The Morgan fingerprint density at radius 3 is 1.59 bits per heavy atom. The number of hydrogen-bond donors (Lipinski definition) is 0. The maximum atomic E-state index is 9.58. The third-order valence-electron chi connectivity index (χ3n) is 10.3. The van der Waals surface area contributed by atoms with E-state index in [1.807, 2.05) is 109 Å². The van der Waals surface area contributed by atoms with E-state index in [1.54, 1.807) is 0 Å². The van der Waals surface area contributed by atoms with Crippen LogP contribution in [0.3, 0.4) is 0 Å². The molecule has 0 amide bonds. The molecule has 11 aromatic rings. The van der Waals surface area contributed by atoms with E-state index in [0.717, 1.165) is 65.4 Å². The first-order valence-corrected chi connectivity index (χ1v) is 16.9. The minimum Gasteiger partial charge on any atom is -0.456 e. The first-order valence-electron chi connectivity index (χ1n) is 20.9. The van der Waals surface area contributed by atoms with Gasteiger partial charge in [0.15, 0.2) is 0 Å². The first kappa shape index (κ1) is 21.4. The van der Waals surface area contributed by atoms with Crippen molar-refractivity contribution in [3.8, 4) is 33.4 Å². The molecule has 0 bridgehead atoms. The van der Waals surface area contributed by atoms with Gasteiger partial charge in [0.25, 0.3) is 0 Å². The maximum absolute atomic E-state index is 9.58. The van der Waals surface area contributed by atoms with Crippen molar-refractivity contribution in [2.75, 3.05) is 0 Å². The molecule has 0 aliphatic carbocycles. The SMILES string of the molecule is [2H]c1c([2H])c([2H])c2c(-c3cccc4cccc(-c5ccc6oc7ccc8ccccc8c7c6c5)c34)c3c([2H])c([2H])c([2H])c([2H])c3c(-c3cccc4ccccc34)c2c1[2H]. The van der Waals surface area contributed by atoms with E-state index in [2.05, 4.69) is 24.3 Å². The highest BCUT2D eigenvalue weighted by Crippen LogP contribution is 2.48. The van der Waals surface area contributed by atoms with Gasteiger partial charge in [-0.2, -0.15) is 0 Å². The normalized spacial score (nSPS) is 14.1. The molecule has 0 aliphatic rings. The van der Waals surface area contributed by atoms with Crippen molar-refractivity contribution in [2.45, 2.75) is 0 Å². The molecule has 0 saturated heterocycles. The van der Waals surface area contributed by atoms with Gasteiger partial charge in [-0.25, -0.2) is 0 Å². The molecule has 10 aromatic carbocycles. The summed E-state index contributed by atoms with van der Waals surface area (Å²) in [6.07, 6.45) is 0. The Kier molecular flexibility index (Phi) is 4.57. The molecule has 236 valence electrons. The molecule has 0 fully saturated rings. The molecule has 0 N–H and O–H groups in total. The van der Waals surface area contributed by atoms with Gasteiger partial charge in [0.05, 0.1) is 11.0 Å². The quantitative estimate of drug-likeness (QED) is 0.173. The Bertz CT molecular complexity index is 3570. The summed E-state index contributed by atoms with van der Waals surface area (Å²) < 4.78 is 80.4. The molecule has 11 rings (SSSR count). The topological polar surface area (TPSA) is 13.1 Å². The molecule has 0 unspecified atom stereocenters. The standard InChI is InChI=1S/C50H30O/c1-3-17-35-31(12-1)14-9-24-38(35)48-39-19-5-7-21-41(39)49(42-22-8-6-20-40(42)48)43-25-11-16-33-15-10-23-37(47(33)43)34-27-28-45-44(30-34)50-36-18-4-2-13-32(36)26-29-46(50)51-45/h1-30H/i5D,6D,7D,8D,19D,20D,21D,22D. The Balaban J connectivity index is 1.34. The highest BCUT2D eigenvalue weighted by Gasteiger charge is 2.21. The molecule has 0 radical (unpaired) electrons. The number of furan rings is 1. The fourth-order valence-corrected chi connectivity index (χ4v) is 8.11. The highest BCUT2D eigenvalue weighted by molar-refractivity contribution is 6.26. The molecule has 1 heteroatoms. The fourth-order valence-electron chi connectivity index (χ4n) is 8.11.